The molecule has 1 N–H and O–H groups in total. The molecule has 0 rings (SSSR count). The van der Waals surface area contributed by atoms with Crippen molar-refractivity contribution < 1.29 is 19.4 Å². The van der Waals surface area contributed by atoms with E-state index < -0.39 is 11.9 Å². The zero-order valence-electron chi connectivity index (χ0n) is 7.82. The van der Waals surface area contributed by atoms with Crippen LogP contribution in [0.4, 0.5) is 0 Å². The standard InChI is InChI=1S/C9H14O4/c1-3-7(4-2)13-9(12)6-5-8(10)11/h5-7H,3-4H2,1-2H3,(H,10,11)/b6-5-. The van der Waals surface area contributed by atoms with E-state index in [9.17, 15) is 9.59 Å². The van der Waals surface area contributed by atoms with Gasteiger partial charge in [0.25, 0.3) is 0 Å². The van der Waals surface area contributed by atoms with Gasteiger partial charge in [-0.15, -0.1) is 0 Å². The summed E-state index contributed by atoms with van der Waals surface area (Å²) in [5.41, 5.74) is 0. The maximum Gasteiger partial charge on any atom is 0.331 e. The molecule has 13 heavy (non-hydrogen) atoms. The van der Waals surface area contributed by atoms with E-state index in [-0.39, 0.29) is 6.10 Å². The van der Waals surface area contributed by atoms with Crippen molar-refractivity contribution in [1.82, 2.24) is 0 Å². The summed E-state index contributed by atoms with van der Waals surface area (Å²) in [6, 6.07) is 0. The number of carbonyl (C=O) groups is 2. The van der Waals surface area contributed by atoms with E-state index in [0.29, 0.717) is 0 Å². The third-order valence-electron chi connectivity index (χ3n) is 1.56. The molecule has 0 bridgehead atoms. The molecule has 0 aliphatic rings. The highest BCUT2D eigenvalue weighted by Gasteiger charge is 2.07. The SMILES string of the molecule is CCC(CC)OC(=O)/C=C\C(=O)O. The fourth-order valence-corrected chi connectivity index (χ4v) is 0.798. The number of ether oxygens (including phenoxy) is 1. The molecule has 0 radical (unpaired) electrons. The molecular weight excluding hydrogens is 172 g/mol. The second-order valence-corrected chi connectivity index (χ2v) is 2.55. The Morgan fingerprint density at radius 1 is 1.31 bits per heavy atom. The van der Waals surface area contributed by atoms with Crippen LogP contribution in [-0.2, 0) is 14.3 Å². The number of hydrogen-bond acceptors (Lipinski definition) is 3. The largest absolute Gasteiger partial charge is 0.478 e. The first-order chi connectivity index (χ1) is 6.10. The highest BCUT2D eigenvalue weighted by molar-refractivity contribution is 5.90. The second-order valence-electron chi connectivity index (χ2n) is 2.55. The maximum atomic E-state index is 10.9. The van der Waals surface area contributed by atoms with E-state index in [2.05, 4.69) is 0 Å². The lowest BCUT2D eigenvalue weighted by Gasteiger charge is -2.11. The molecule has 0 unspecified atom stereocenters. The average molecular weight is 186 g/mol. The summed E-state index contributed by atoms with van der Waals surface area (Å²) in [5, 5.41) is 8.22. The minimum absolute atomic E-state index is 0.119. The predicted molar refractivity (Wildman–Crippen MR) is 47.2 cm³/mol. The molecule has 0 aromatic carbocycles. The Hall–Kier alpha value is -1.32. The maximum absolute atomic E-state index is 10.9. The zero-order valence-corrected chi connectivity index (χ0v) is 7.82. The van der Waals surface area contributed by atoms with Gasteiger partial charge in [-0.3, -0.25) is 0 Å². The molecule has 0 aromatic heterocycles. The number of aliphatic carboxylic acids is 1. The molecule has 0 saturated carbocycles. The molecule has 0 saturated heterocycles. The van der Waals surface area contributed by atoms with Gasteiger partial charge >= 0.3 is 11.9 Å². The third kappa shape index (κ3) is 5.90. The van der Waals surface area contributed by atoms with Gasteiger partial charge in [0.15, 0.2) is 0 Å². The molecule has 0 aromatic rings. The van der Waals surface area contributed by atoms with Crippen LogP contribution >= 0.6 is 0 Å². The highest BCUT2D eigenvalue weighted by atomic mass is 16.5. The summed E-state index contributed by atoms with van der Waals surface area (Å²) >= 11 is 0. The van der Waals surface area contributed by atoms with Crippen molar-refractivity contribution in [3.63, 3.8) is 0 Å². The van der Waals surface area contributed by atoms with Crippen molar-refractivity contribution in [3.8, 4) is 0 Å². The lowest BCUT2D eigenvalue weighted by atomic mass is 10.2. The average Bonchev–Trinajstić information content (AvgIpc) is 2.10. The first kappa shape index (κ1) is 11.7. The van der Waals surface area contributed by atoms with Crippen molar-refractivity contribution in [2.75, 3.05) is 0 Å². The van der Waals surface area contributed by atoms with Crippen LogP contribution in [0, 0.1) is 0 Å². The van der Waals surface area contributed by atoms with Gasteiger partial charge in [0, 0.05) is 12.2 Å². The smallest absolute Gasteiger partial charge is 0.331 e. The fourth-order valence-electron chi connectivity index (χ4n) is 0.798. The summed E-state index contributed by atoms with van der Waals surface area (Å²) in [7, 11) is 0. The minimum Gasteiger partial charge on any atom is -0.478 e. The normalized spacial score (nSPS) is 10.7. The molecule has 0 atom stereocenters. The van der Waals surface area contributed by atoms with Crippen molar-refractivity contribution in [2.24, 2.45) is 0 Å². The Morgan fingerprint density at radius 3 is 2.23 bits per heavy atom. The first-order valence-electron chi connectivity index (χ1n) is 4.21. The van der Waals surface area contributed by atoms with E-state index >= 15 is 0 Å². The van der Waals surface area contributed by atoms with Crippen molar-refractivity contribution >= 4 is 11.9 Å². The molecule has 0 fully saturated rings. The highest BCUT2D eigenvalue weighted by Crippen LogP contribution is 2.02. The monoisotopic (exact) mass is 186 g/mol. The Morgan fingerprint density at radius 2 is 1.85 bits per heavy atom. The van der Waals surface area contributed by atoms with Crippen LogP contribution in [0.5, 0.6) is 0 Å². The molecule has 0 heterocycles. The van der Waals surface area contributed by atoms with Crippen molar-refractivity contribution in [3.05, 3.63) is 12.2 Å². The Labute approximate surface area is 77.2 Å². The van der Waals surface area contributed by atoms with Crippen LogP contribution in [0.15, 0.2) is 12.2 Å². The molecule has 0 aliphatic heterocycles. The topological polar surface area (TPSA) is 63.6 Å². The first-order valence-corrected chi connectivity index (χ1v) is 4.21. The van der Waals surface area contributed by atoms with Crippen molar-refractivity contribution in [2.45, 2.75) is 32.8 Å². The molecule has 0 amide bonds. The van der Waals surface area contributed by atoms with Gasteiger partial charge in [-0.25, -0.2) is 9.59 Å². The predicted octanol–water partition coefficient (Wildman–Crippen LogP) is 1.36. The van der Waals surface area contributed by atoms with E-state index in [1.54, 1.807) is 0 Å². The lowest BCUT2D eigenvalue weighted by Crippen LogP contribution is -2.14. The molecule has 0 aliphatic carbocycles. The summed E-state index contributed by atoms with van der Waals surface area (Å²) in [6.07, 6.45) is 3.04. The van der Waals surface area contributed by atoms with Crippen LogP contribution in [0.25, 0.3) is 0 Å². The van der Waals surface area contributed by atoms with Crippen molar-refractivity contribution in [1.29, 1.82) is 0 Å². The van der Waals surface area contributed by atoms with E-state index in [1.807, 2.05) is 13.8 Å². The lowest BCUT2D eigenvalue weighted by molar-refractivity contribution is -0.143. The van der Waals surface area contributed by atoms with E-state index in [0.717, 1.165) is 25.0 Å². The van der Waals surface area contributed by atoms with Crippen LogP contribution in [0.3, 0.4) is 0 Å². The number of carboxylic acid groups (broad SMARTS) is 1. The fraction of sp³-hybridized carbons (Fsp3) is 0.556. The third-order valence-corrected chi connectivity index (χ3v) is 1.56. The Balaban J connectivity index is 3.92. The Bertz CT molecular complexity index is 204. The number of hydrogen-bond donors (Lipinski definition) is 1. The number of carbonyl (C=O) groups excluding carboxylic acids is 1. The summed E-state index contributed by atoms with van der Waals surface area (Å²) in [6.45, 7) is 3.81. The van der Waals surface area contributed by atoms with Crippen LogP contribution < -0.4 is 0 Å². The van der Waals surface area contributed by atoms with Crippen LogP contribution in [0.1, 0.15) is 26.7 Å². The Kier molecular flexibility index (Phi) is 5.59. The quantitative estimate of drug-likeness (QED) is 0.520. The minimum atomic E-state index is -1.15. The summed E-state index contributed by atoms with van der Waals surface area (Å²) in [4.78, 5) is 20.9. The zero-order chi connectivity index (χ0) is 10.3. The van der Waals surface area contributed by atoms with Gasteiger partial charge in [-0.05, 0) is 12.8 Å². The molecular formula is C9H14O4. The van der Waals surface area contributed by atoms with Crippen LogP contribution in [0.2, 0.25) is 0 Å². The molecule has 4 nitrogen and oxygen atoms in total. The molecule has 0 spiro atoms. The van der Waals surface area contributed by atoms with Gasteiger partial charge in [0.1, 0.15) is 6.10 Å². The van der Waals surface area contributed by atoms with E-state index in [1.165, 1.54) is 0 Å². The number of esters is 1. The van der Waals surface area contributed by atoms with Gasteiger partial charge in [0.05, 0.1) is 0 Å². The van der Waals surface area contributed by atoms with Gasteiger partial charge in [-0.1, -0.05) is 13.8 Å². The van der Waals surface area contributed by atoms with E-state index in [4.69, 9.17) is 9.84 Å². The molecule has 4 heteroatoms. The van der Waals surface area contributed by atoms with Gasteiger partial charge < -0.3 is 9.84 Å². The van der Waals surface area contributed by atoms with Crippen LogP contribution in [-0.4, -0.2) is 23.1 Å². The second kappa shape index (κ2) is 6.22. The summed E-state index contributed by atoms with van der Waals surface area (Å²) < 4.78 is 4.91. The number of rotatable bonds is 5. The van der Waals surface area contributed by atoms with Gasteiger partial charge in [-0.2, -0.15) is 0 Å². The number of carboxylic acids is 1. The van der Waals surface area contributed by atoms with Gasteiger partial charge in [0.2, 0.25) is 0 Å². The molecule has 74 valence electrons. The summed E-state index contributed by atoms with van der Waals surface area (Å²) in [5.74, 6) is -1.75.